The van der Waals surface area contributed by atoms with Gasteiger partial charge in [-0.05, 0) is 37.8 Å². The molecule has 1 fully saturated rings. The van der Waals surface area contributed by atoms with Crippen LogP contribution in [-0.2, 0) is 9.84 Å². The minimum absolute atomic E-state index is 0.107. The molecule has 1 aliphatic carbocycles. The predicted molar refractivity (Wildman–Crippen MR) is 91.4 cm³/mol. The lowest BCUT2D eigenvalue weighted by Gasteiger charge is -2.29. The molecule has 2 atom stereocenters. The minimum atomic E-state index is -2.99. The molecule has 0 radical (unpaired) electrons. The topological polar surface area (TPSA) is 88.2 Å². The molecule has 0 bridgehead atoms. The molecule has 2 N–H and O–H groups in total. The number of aromatic nitrogens is 1. The van der Waals surface area contributed by atoms with Crippen molar-refractivity contribution in [1.29, 1.82) is 0 Å². The Morgan fingerprint density at radius 2 is 2.13 bits per heavy atom. The first-order valence-electron chi connectivity index (χ1n) is 8.09. The molecule has 0 spiro atoms. The third kappa shape index (κ3) is 5.20. The van der Waals surface area contributed by atoms with E-state index in [0.717, 1.165) is 25.7 Å². The summed E-state index contributed by atoms with van der Waals surface area (Å²) >= 11 is 0. The van der Waals surface area contributed by atoms with Gasteiger partial charge in [0.25, 0.3) is 5.91 Å². The Labute approximate surface area is 138 Å². The number of hydrogen-bond acceptors (Lipinski definition) is 5. The molecule has 1 amide bonds. The molecular formula is C16H25N3O3S. The molecule has 0 saturated heterocycles. The number of carbonyl (C=O) groups is 1. The van der Waals surface area contributed by atoms with Crippen LogP contribution in [0.5, 0.6) is 0 Å². The van der Waals surface area contributed by atoms with Crippen molar-refractivity contribution in [3.05, 3.63) is 23.9 Å². The highest BCUT2D eigenvalue weighted by Crippen LogP contribution is 2.25. The van der Waals surface area contributed by atoms with Crippen LogP contribution in [0.2, 0.25) is 0 Å². The van der Waals surface area contributed by atoms with Gasteiger partial charge in [0.2, 0.25) is 0 Å². The standard InChI is InChI=1S/C16H25N3O3S/c1-3-9-17-16(20)12-7-8-15(18-11-12)19-13-5-4-6-14(10-13)23(2,21)22/h7-8,11,13-14H,3-6,9-10H2,1-2H3,(H,17,20)(H,18,19). The number of nitrogens with zero attached hydrogens (tertiary/aromatic N) is 1. The third-order valence-corrected chi connectivity index (χ3v) is 5.78. The second-order valence-corrected chi connectivity index (χ2v) is 8.47. The first kappa shape index (κ1) is 17.7. The Balaban J connectivity index is 1.94. The second-order valence-electron chi connectivity index (χ2n) is 6.15. The Morgan fingerprint density at radius 1 is 1.35 bits per heavy atom. The molecule has 128 valence electrons. The van der Waals surface area contributed by atoms with Gasteiger partial charge in [0, 0.05) is 25.0 Å². The highest BCUT2D eigenvalue weighted by molar-refractivity contribution is 7.91. The van der Waals surface area contributed by atoms with Crippen LogP contribution in [0.4, 0.5) is 5.82 Å². The summed E-state index contributed by atoms with van der Waals surface area (Å²) in [6.45, 7) is 2.65. The molecule has 1 saturated carbocycles. The molecule has 0 aliphatic heterocycles. The summed E-state index contributed by atoms with van der Waals surface area (Å²) in [5.41, 5.74) is 0.529. The summed E-state index contributed by atoms with van der Waals surface area (Å²) < 4.78 is 23.4. The fraction of sp³-hybridized carbons (Fsp3) is 0.625. The number of carbonyl (C=O) groups excluding carboxylic acids is 1. The van der Waals surface area contributed by atoms with E-state index in [1.54, 1.807) is 18.3 Å². The predicted octanol–water partition coefficient (Wildman–Crippen LogP) is 1.99. The van der Waals surface area contributed by atoms with Gasteiger partial charge in [0.05, 0.1) is 10.8 Å². The van der Waals surface area contributed by atoms with Gasteiger partial charge in [-0.2, -0.15) is 0 Å². The lowest BCUT2D eigenvalue weighted by Crippen LogP contribution is -2.34. The van der Waals surface area contributed by atoms with Gasteiger partial charge in [0.15, 0.2) is 0 Å². The molecule has 23 heavy (non-hydrogen) atoms. The van der Waals surface area contributed by atoms with Gasteiger partial charge in [-0.1, -0.05) is 13.3 Å². The molecule has 6 nitrogen and oxygen atoms in total. The van der Waals surface area contributed by atoms with E-state index in [1.807, 2.05) is 6.92 Å². The number of sulfone groups is 1. The SMILES string of the molecule is CCCNC(=O)c1ccc(NC2CCCC(S(C)(=O)=O)C2)nc1. The molecule has 1 aromatic heterocycles. The fourth-order valence-corrected chi connectivity index (χ4v) is 4.00. The van der Waals surface area contributed by atoms with Crippen molar-refractivity contribution in [3.8, 4) is 0 Å². The quantitative estimate of drug-likeness (QED) is 0.827. The van der Waals surface area contributed by atoms with Gasteiger partial charge in [-0.15, -0.1) is 0 Å². The van der Waals surface area contributed by atoms with Gasteiger partial charge >= 0.3 is 0 Å². The number of rotatable bonds is 6. The van der Waals surface area contributed by atoms with Crippen molar-refractivity contribution in [2.45, 2.75) is 50.3 Å². The summed E-state index contributed by atoms with van der Waals surface area (Å²) in [5, 5.41) is 5.82. The van der Waals surface area contributed by atoms with Crippen molar-refractivity contribution < 1.29 is 13.2 Å². The first-order chi connectivity index (χ1) is 10.9. The molecule has 0 aromatic carbocycles. The molecule has 1 aromatic rings. The van der Waals surface area contributed by atoms with E-state index in [1.165, 1.54) is 6.26 Å². The van der Waals surface area contributed by atoms with E-state index in [9.17, 15) is 13.2 Å². The Kier molecular flexibility index (Phi) is 5.98. The van der Waals surface area contributed by atoms with E-state index in [-0.39, 0.29) is 17.2 Å². The molecular weight excluding hydrogens is 314 g/mol. The smallest absolute Gasteiger partial charge is 0.252 e. The number of pyridine rings is 1. The molecule has 1 aliphatic rings. The zero-order valence-corrected chi connectivity index (χ0v) is 14.5. The van der Waals surface area contributed by atoms with Crippen LogP contribution in [0.1, 0.15) is 49.4 Å². The average molecular weight is 339 g/mol. The van der Waals surface area contributed by atoms with Gasteiger partial charge in [0.1, 0.15) is 15.7 Å². The monoisotopic (exact) mass is 339 g/mol. The summed E-state index contributed by atoms with van der Waals surface area (Å²) in [7, 11) is -2.99. The van der Waals surface area contributed by atoms with Crippen molar-refractivity contribution in [2.75, 3.05) is 18.1 Å². The summed E-state index contributed by atoms with van der Waals surface area (Å²) in [6, 6.07) is 3.61. The van der Waals surface area contributed by atoms with E-state index in [4.69, 9.17) is 0 Å². The fourth-order valence-electron chi connectivity index (χ4n) is 2.83. The molecule has 2 unspecified atom stereocenters. The van der Waals surface area contributed by atoms with Crippen LogP contribution in [-0.4, -0.2) is 43.4 Å². The zero-order valence-electron chi connectivity index (χ0n) is 13.7. The average Bonchev–Trinajstić information content (AvgIpc) is 2.53. The third-order valence-electron chi connectivity index (χ3n) is 4.14. The van der Waals surface area contributed by atoms with E-state index >= 15 is 0 Å². The van der Waals surface area contributed by atoms with Crippen LogP contribution >= 0.6 is 0 Å². The number of hydrogen-bond donors (Lipinski definition) is 2. The van der Waals surface area contributed by atoms with Crippen molar-refractivity contribution >= 4 is 21.6 Å². The number of nitrogens with one attached hydrogen (secondary N) is 2. The van der Waals surface area contributed by atoms with Gasteiger partial charge in [-0.3, -0.25) is 4.79 Å². The number of anilines is 1. The van der Waals surface area contributed by atoms with E-state index in [2.05, 4.69) is 15.6 Å². The summed E-state index contributed by atoms with van der Waals surface area (Å²) in [5.74, 6) is 0.553. The molecule has 7 heteroatoms. The first-order valence-corrected chi connectivity index (χ1v) is 10.0. The maximum atomic E-state index is 11.8. The van der Waals surface area contributed by atoms with Crippen molar-refractivity contribution in [1.82, 2.24) is 10.3 Å². The molecule has 1 heterocycles. The maximum Gasteiger partial charge on any atom is 0.252 e. The van der Waals surface area contributed by atoms with Crippen LogP contribution < -0.4 is 10.6 Å². The molecule has 2 rings (SSSR count). The van der Waals surface area contributed by atoms with Crippen LogP contribution in [0.25, 0.3) is 0 Å². The lowest BCUT2D eigenvalue weighted by atomic mass is 9.95. The normalized spacial score (nSPS) is 21.7. The van der Waals surface area contributed by atoms with E-state index in [0.29, 0.717) is 24.3 Å². The number of amides is 1. The van der Waals surface area contributed by atoms with Crippen molar-refractivity contribution in [2.24, 2.45) is 0 Å². The Bertz CT molecular complexity index is 628. The zero-order chi connectivity index (χ0) is 16.9. The highest BCUT2D eigenvalue weighted by atomic mass is 32.2. The largest absolute Gasteiger partial charge is 0.367 e. The highest BCUT2D eigenvalue weighted by Gasteiger charge is 2.28. The minimum Gasteiger partial charge on any atom is -0.367 e. The van der Waals surface area contributed by atoms with Gasteiger partial charge in [-0.25, -0.2) is 13.4 Å². The Morgan fingerprint density at radius 3 is 2.74 bits per heavy atom. The van der Waals surface area contributed by atoms with Crippen LogP contribution in [0.15, 0.2) is 18.3 Å². The van der Waals surface area contributed by atoms with Crippen LogP contribution in [0, 0.1) is 0 Å². The van der Waals surface area contributed by atoms with Gasteiger partial charge < -0.3 is 10.6 Å². The van der Waals surface area contributed by atoms with Crippen molar-refractivity contribution in [3.63, 3.8) is 0 Å². The summed E-state index contributed by atoms with van der Waals surface area (Å²) in [6.07, 6.45) is 6.92. The summed E-state index contributed by atoms with van der Waals surface area (Å²) in [4.78, 5) is 16.1. The Hall–Kier alpha value is -1.63. The second kappa shape index (κ2) is 7.77. The van der Waals surface area contributed by atoms with E-state index < -0.39 is 9.84 Å². The lowest BCUT2D eigenvalue weighted by molar-refractivity contribution is 0.0953. The van der Waals surface area contributed by atoms with Crippen LogP contribution in [0.3, 0.4) is 0 Å². The maximum absolute atomic E-state index is 11.8.